The van der Waals surface area contributed by atoms with E-state index in [0.717, 1.165) is 16.1 Å². The molecule has 0 aliphatic carbocycles. The van der Waals surface area contributed by atoms with Crippen LogP contribution in [0.4, 0.5) is 0 Å². The normalized spacial score (nSPS) is 8.86. The maximum atomic E-state index is 5.90. The van der Waals surface area contributed by atoms with Gasteiger partial charge < -0.3 is 0 Å². The molecule has 72 valence electrons. The molecule has 1 aromatic carbocycles. The Morgan fingerprint density at radius 1 is 1.36 bits per heavy atom. The molecule has 0 nitrogen and oxygen atoms in total. The maximum absolute atomic E-state index is 5.90. The van der Waals surface area contributed by atoms with E-state index in [9.17, 15) is 0 Å². The fraction of sp³-hybridized carbons (Fsp3) is 0.231. The lowest BCUT2D eigenvalue weighted by Gasteiger charge is -2.00. The van der Waals surface area contributed by atoms with E-state index >= 15 is 0 Å². The van der Waals surface area contributed by atoms with Crippen molar-refractivity contribution in [1.82, 2.24) is 0 Å². The van der Waals surface area contributed by atoms with Gasteiger partial charge in [0.05, 0.1) is 0 Å². The first-order chi connectivity index (χ1) is 6.63. The maximum Gasteiger partial charge on any atom is 0.0418 e. The molecule has 0 heterocycles. The van der Waals surface area contributed by atoms with E-state index in [1.54, 1.807) is 0 Å². The van der Waals surface area contributed by atoms with Gasteiger partial charge in [0.2, 0.25) is 0 Å². The number of hydrogen-bond acceptors (Lipinski definition) is 0. The molecule has 0 saturated carbocycles. The van der Waals surface area contributed by atoms with Crippen LogP contribution in [0.25, 0.3) is 6.08 Å². The average molecular weight is 205 g/mol. The third kappa shape index (κ3) is 2.94. The van der Waals surface area contributed by atoms with E-state index in [4.69, 9.17) is 11.6 Å². The van der Waals surface area contributed by atoms with Crippen LogP contribution < -0.4 is 0 Å². The summed E-state index contributed by atoms with van der Waals surface area (Å²) in [6.45, 7) is 5.96. The predicted octanol–water partition coefficient (Wildman–Crippen LogP) is 4.13. The molecule has 0 amide bonds. The predicted molar refractivity (Wildman–Crippen MR) is 63.3 cm³/mol. The van der Waals surface area contributed by atoms with E-state index in [-0.39, 0.29) is 0 Å². The van der Waals surface area contributed by atoms with E-state index < -0.39 is 0 Å². The summed E-state index contributed by atoms with van der Waals surface area (Å²) in [5, 5.41) is 0.730. The van der Waals surface area contributed by atoms with Gasteiger partial charge in [-0.3, -0.25) is 0 Å². The lowest BCUT2D eigenvalue weighted by molar-refractivity contribution is 1.42. The average Bonchev–Trinajstić information content (AvgIpc) is 2.09. The Kier molecular flexibility index (Phi) is 3.80. The molecule has 1 heteroatoms. The smallest absolute Gasteiger partial charge is 0.0418 e. The van der Waals surface area contributed by atoms with Gasteiger partial charge >= 0.3 is 0 Å². The van der Waals surface area contributed by atoms with Crippen molar-refractivity contribution in [3.05, 3.63) is 39.9 Å². The van der Waals surface area contributed by atoms with Gasteiger partial charge in [0.1, 0.15) is 0 Å². The molecular weight excluding hydrogens is 192 g/mol. The first-order valence-electron chi connectivity index (χ1n) is 4.50. The molecule has 0 bridgehead atoms. The Morgan fingerprint density at radius 3 is 2.64 bits per heavy atom. The second-order valence-electron chi connectivity index (χ2n) is 3.33. The number of rotatable bonds is 1. The topological polar surface area (TPSA) is 0 Å². The fourth-order valence-corrected chi connectivity index (χ4v) is 1.38. The van der Waals surface area contributed by atoms with Crippen LogP contribution in [0.15, 0.2) is 23.8 Å². The highest BCUT2D eigenvalue weighted by atomic mass is 35.5. The van der Waals surface area contributed by atoms with Gasteiger partial charge in [-0.25, -0.2) is 0 Å². The molecule has 0 aromatic heterocycles. The van der Waals surface area contributed by atoms with Crippen molar-refractivity contribution >= 4 is 17.7 Å². The van der Waals surface area contributed by atoms with Crippen LogP contribution in [-0.4, -0.2) is 0 Å². The quantitative estimate of drug-likeness (QED) is 0.604. The monoisotopic (exact) mass is 204 g/mol. The van der Waals surface area contributed by atoms with Gasteiger partial charge in [-0.15, -0.1) is 5.92 Å². The minimum atomic E-state index is 0.730. The van der Waals surface area contributed by atoms with Crippen LogP contribution in [-0.2, 0) is 0 Å². The van der Waals surface area contributed by atoms with Crippen molar-refractivity contribution in [2.45, 2.75) is 20.8 Å². The molecule has 1 rings (SSSR count). The zero-order valence-corrected chi connectivity index (χ0v) is 9.44. The second-order valence-corrected chi connectivity index (χ2v) is 3.76. The van der Waals surface area contributed by atoms with Crippen LogP contribution in [0, 0.1) is 11.8 Å². The third-order valence-electron chi connectivity index (χ3n) is 1.72. The van der Waals surface area contributed by atoms with Gasteiger partial charge in [0.25, 0.3) is 0 Å². The van der Waals surface area contributed by atoms with Crippen LogP contribution in [0.3, 0.4) is 0 Å². The molecule has 14 heavy (non-hydrogen) atoms. The molecule has 0 radical (unpaired) electrons. The summed E-state index contributed by atoms with van der Waals surface area (Å²) in [6.07, 6.45) is 2.11. The summed E-state index contributed by atoms with van der Waals surface area (Å²) in [5.74, 6) is 5.93. The summed E-state index contributed by atoms with van der Waals surface area (Å²) in [7, 11) is 0. The number of halogens is 1. The van der Waals surface area contributed by atoms with Gasteiger partial charge in [0.15, 0.2) is 0 Å². The van der Waals surface area contributed by atoms with Crippen LogP contribution in [0.1, 0.15) is 31.9 Å². The van der Waals surface area contributed by atoms with Crippen molar-refractivity contribution in [2.75, 3.05) is 0 Å². The molecule has 0 aliphatic rings. The zero-order valence-electron chi connectivity index (χ0n) is 8.69. The third-order valence-corrected chi connectivity index (χ3v) is 1.95. The number of hydrogen-bond donors (Lipinski definition) is 0. The minimum absolute atomic E-state index is 0.730. The number of benzene rings is 1. The van der Waals surface area contributed by atoms with Crippen molar-refractivity contribution < 1.29 is 0 Å². The summed E-state index contributed by atoms with van der Waals surface area (Å²) in [4.78, 5) is 0. The Labute approximate surface area is 90.6 Å². The first-order valence-corrected chi connectivity index (χ1v) is 4.88. The van der Waals surface area contributed by atoms with E-state index in [0.29, 0.717) is 0 Å². The number of allylic oxidation sites excluding steroid dienone is 1. The lowest BCUT2D eigenvalue weighted by atomic mass is 10.1. The molecule has 0 aliphatic heterocycles. The van der Waals surface area contributed by atoms with E-state index in [1.165, 1.54) is 5.57 Å². The van der Waals surface area contributed by atoms with Crippen molar-refractivity contribution in [3.63, 3.8) is 0 Å². The Morgan fingerprint density at radius 2 is 2.07 bits per heavy atom. The fourth-order valence-electron chi connectivity index (χ4n) is 1.21. The Balaban J connectivity index is 3.26. The van der Waals surface area contributed by atoms with Crippen LogP contribution in [0.2, 0.25) is 5.02 Å². The summed E-state index contributed by atoms with van der Waals surface area (Å²) >= 11 is 5.90. The highest BCUT2D eigenvalue weighted by molar-refractivity contribution is 6.30. The molecule has 1 aromatic rings. The summed E-state index contributed by atoms with van der Waals surface area (Å²) in [5.41, 5.74) is 3.37. The molecule has 0 N–H and O–H groups in total. The molecule has 0 saturated heterocycles. The first kappa shape index (κ1) is 10.9. The molecule has 0 fully saturated rings. The summed E-state index contributed by atoms with van der Waals surface area (Å²) in [6, 6.07) is 5.78. The molecular formula is C13H13Cl. The van der Waals surface area contributed by atoms with Gasteiger partial charge in [-0.05, 0) is 38.5 Å². The lowest BCUT2D eigenvalue weighted by Crippen LogP contribution is -1.82. The Hall–Kier alpha value is -1.19. The van der Waals surface area contributed by atoms with Gasteiger partial charge in [-0.1, -0.05) is 35.2 Å². The van der Waals surface area contributed by atoms with Crippen molar-refractivity contribution in [1.29, 1.82) is 0 Å². The van der Waals surface area contributed by atoms with Crippen LogP contribution >= 0.6 is 11.6 Å². The molecule has 0 unspecified atom stereocenters. The largest absolute Gasteiger partial charge is 0.101 e. The highest BCUT2D eigenvalue weighted by Gasteiger charge is 1.97. The second kappa shape index (κ2) is 4.88. The van der Waals surface area contributed by atoms with Gasteiger partial charge in [-0.2, -0.15) is 0 Å². The zero-order chi connectivity index (χ0) is 10.6. The SMILES string of the molecule is CC#Cc1cc(Cl)ccc1C=C(C)C. The standard InChI is InChI=1S/C13H13Cl/c1-4-5-11-9-13(14)7-6-12(11)8-10(2)3/h6-9H,1-3H3. The van der Waals surface area contributed by atoms with E-state index in [1.807, 2.05) is 25.1 Å². The minimum Gasteiger partial charge on any atom is -0.101 e. The van der Waals surface area contributed by atoms with Crippen LogP contribution in [0.5, 0.6) is 0 Å². The highest BCUT2D eigenvalue weighted by Crippen LogP contribution is 2.17. The molecule has 0 atom stereocenters. The Bertz CT molecular complexity index is 413. The van der Waals surface area contributed by atoms with Gasteiger partial charge in [0, 0.05) is 10.6 Å². The van der Waals surface area contributed by atoms with Crippen molar-refractivity contribution in [2.24, 2.45) is 0 Å². The van der Waals surface area contributed by atoms with Crippen molar-refractivity contribution in [3.8, 4) is 11.8 Å². The summed E-state index contributed by atoms with van der Waals surface area (Å²) < 4.78 is 0. The molecule has 0 spiro atoms. The van der Waals surface area contributed by atoms with E-state index in [2.05, 4.69) is 31.8 Å².